The van der Waals surface area contributed by atoms with Gasteiger partial charge in [0.05, 0.1) is 10.6 Å². The zero-order valence-electron chi connectivity index (χ0n) is 15.0. The molecular formula is C23H20O3S. The fourth-order valence-electron chi connectivity index (χ4n) is 2.89. The summed E-state index contributed by atoms with van der Waals surface area (Å²) in [5.74, 6) is -0.400. The summed E-state index contributed by atoms with van der Waals surface area (Å²) >= 11 is 0. The molecular weight excluding hydrogens is 356 g/mol. The van der Waals surface area contributed by atoms with Crippen LogP contribution in [0.1, 0.15) is 22.8 Å². The Kier molecular flexibility index (Phi) is 5.67. The van der Waals surface area contributed by atoms with Crippen LogP contribution in [0.15, 0.2) is 101 Å². The van der Waals surface area contributed by atoms with Gasteiger partial charge in [-0.25, -0.2) is 8.42 Å². The van der Waals surface area contributed by atoms with Crippen LogP contribution in [0.2, 0.25) is 0 Å². The summed E-state index contributed by atoms with van der Waals surface area (Å²) in [6.07, 6.45) is 0. The maximum atomic E-state index is 12.9. The first kappa shape index (κ1) is 18.8. The molecule has 0 unspecified atom stereocenters. The van der Waals surface area contributed by atoms with Gasteiger partial charge in [-0.05, 0) is 30.2 Å². The fourth-order valence-corrected chi connectivity index (χ4v) is 4.39. The highest BCUT2D eigenvalue weighted by Crippen LogP contribution is 2.26. The predicted molar refractivity (Wildman–Crippen MR) is 108 cm³/mol. The molecule has 0 aliphatic rings. The molecule has 0 spiro atoms. The number of hydrogen-bond donors (Lipinski definition) is 0. The smallest absolute Gasteiger partial charge is 0.189 e. The average molecular weight is 376 g/mol. The van der Waals surface area contributed by atoms with Gasteiger partial charge in [0, 0.05) is 11.1 Å². The molecule has 0 amide bonds. The van der Waals surface area contributed by atoms with Crippen molar-refractivity contribution in [2.75, 3.05) is 5.75 Å². The summed E-state index contributed by atoms with van der Waals surface area (Å²) in [7, 11) is -3.58. The van der Waals surface area contributed by atoms with Crippen molar-refractivity contribution in [1.82, 2.24) is 0 Å². The molecule has 0 aromatic heterocycles. The number of sulfone groups is 1. The lowest BCUT2D eigenvalue weighted by Gasteiger charge is -2.13. The first-order valence-electron chi connectivity index (χ1n) is 8.62. The van der Waals surface area contributed by atoms with Crippen LogP contribution in [-0.2, 0) is 9.84 Å². The van der Waals surface area contributed by atoms with Crippen molar-refractivity contribution in [2.45, 2.75) is 11.8 Å². The van der Waals surface area contributed by atoms with Gasteiger partial charge < -0.3 is 0 Å². The van der Waals surface area contributed by atoms with E-state index in [9.17, 15) is 13.2 Å². The van der Waals surface area contributed by atoms with E-state index in [1.807, 2.05) is 36.4 Å². The SMILES string of the molecule is C/C(C(=O)c1ccccc1)=C(/CS(=O)(=O)c1ccccc1)c1ccccc1. The summed E-state index contributed by atoms with van der Waals surface area (Å²) in [6, 6.07) is 26.4. The molecule has 0 heterocycles. The number of allylic oxidation sites excluding steroid dienone is 1. The number of hydrogen-bond acceptors (Lipinski definition) is 3. The zero-order valence-corrected chi connectivity index (χ0v) is 15.8. The number of Topliss-reactive ketones (excluding diaryl/α,β-unsaturated/α-hetero) is 1. The molecule has 3 nitrogen and oxygen atoms in total. The normalized spacial score (nSPS) is 12.3. The van der Waals surface area contributed by atoms with Gasteiger partial charge in [0.1, 0.15) is 0 Å². The minimum absolute atomic E-state index is 0.169. The van der Waals surface area contributed by atoms with Gasteiger partial charge in [-0.15, -0.1) is 0 Å². The Hall–Kier alpha value is -2.98. The first-order chi connectivity index (χ1) is 13.0. The fraction of sp³-hybridized carbons (Fsp3) is 0.0870. The van der Waals surface area contributed by atoms with Crippen LogP contribution in [0, 0.1) is 0 Å². The standard InChI is InChI=1S/C23H20O3S/c1-18(23(24)20-13-7-3-8-14-20)22(19-11-5-2-6-12-19)17-27(25,26)21-15-9-4-10-16-21/h2-16H,17H2,1H3/b22-18+. The maximum absolute atomic E-state index is 12.9. The van der Waals surface area contributed by atoms with Gasteiger partial charge in [-0.2, -0.15) is 0 Å². The summed E-state index contributed by atoms with van der Waals surface area (Å²) in [4.78, 5) is 13.2. The molecule has 3 rings (SSSR count). The lowest BCUT2D eigenvalue weighted by Crippen LogP contribution is -2.13. The van der Waals surface area contributed by atoms with Gasteiger partial charge in [-0.3, -0.25) is 4.79 Å². The van der Waals surface area contributed by atoms with E-state index in [0.717, 1.165) is 5.56 Å². The van der Waals surface area contributed by atoms with Crippen LogP contribution >= 0.6 is 0 Å². The van der Waals surface area contributed by atoms with Gasteiger partial charge in [0.15, 0.2) is 15.6 Å². The van der Waals surface area contributed by atoms with Crippen LogP contribution in [0.25, 0.3) is 5.57 Å². The van der Waals surface area contributed by atoms with E-state index in [2.05, 4.69) is 0 Å². The molecule has 0 saturated carbocycles. The van der Waals surface area contributed by atoms with E-state index in [4.69, 9.17) is 0 Å². The highest BCUT2D eigenvalue weighted by Gasteiger charge is 2.22. The molecule has 0 fully saturated rings. The predicted octanol–water partition coefficient (Wildman–Crippen LogP) is 4.82. The molecule has 136 valence electrons. The van der Waals surface area contributed by atoms with Crippen molar-refractivity contribution < 1.29 is 13.2 Å². The number of ketones is 1. The lowest BCUT2D eigenvalue weighted by atomic mass is 9.96. The second-order valence-electron chi connectivity index (χ2n) is 6.24. The lowest BCUT2D eigenvalue weighted by molar-refractivity contribution is 0.103. The van der Waals surface area contributed by atoms with Crippen LogP contribution in [0.4, 0.5) is 0 Å². The molecule has 3 aromatic rings. The van der Waals surface area contributed by atoms with Crippen molar-refractivity contribution in [1.29, 1.82) is 0 Å². The summed E-state index contributed by atoms with van der Waals surface area (Å²) in [6.45, 7) is 1.69. The number of benzene rings is 3. The molecule has 0 aliphatic carbocycles. The third-order valence-electron chi connectivity index (χ3n) is 4.39. The molecule has 3 aromatic carbocycles. The maximum Gasteiger partial charge on any atom is 0.189 e. The largest absolute Gasteiger partial charge is 0.289 e. The van der Waals surface area contributed by atoms with Crippen molar-refractivity contribution in [2.24, 2.45) is 0 Å². The third kappa shape index (κ3) is 4.41. The number of carbonyl (C=O) groups is 1. The highest BCUT2D eigenvalue weighted by molar-refractivity contribution is 7.91. The van der Waals surface area contributed by atoms with Crippen LogP contribution < -0.4 is 0 Å². The van der Waals surface area contributed by atoms with Gasteiger partial charge >= 0.3 is 0 Å². The number of rotatable bonds is 6. The Balaban J connectivity index is 2.09. The van der Waals surface area contributed by atoms with Gasteiger partial charge in [0.2, 0.25) is 0 Å². The van der Waals surface area contributed by atoms with E-state index in [0.29, 0.717) is 16.7 Å². The van der Waals surface area contributed by atoms with Crippen LogP contribution in [0.5, 0.6) is 0 Å². The molecule has 27 heavy (non-hydrogen) atoms. The van der Waals surface area contributed by atoms with E-state index in [1.165, 1.54) is 0 Å². The quantitative estimate of drug-likeness (QED) is 0.458. The molecule has 0 N–H and O–H groups in total. The van der Waals surface area contributed by atoms with Gasteiger partial charge in [0.25, 0.3) is 0 Å². The Bertz CT molecular complexity index is 1050. The van der Waals surface area contributed by atoms with Crippen molar-refractivity contribution in [3.05, 3.63) is 108 Å². The molecule has 4 heteroatoms. The topological polar surface area (TPSA) is 51.2 Å². The molecule has 0 bridgehead atoms. The Morgan fingerprint density at radius 1 is 0.704 bits per heavy atom. The van der Waals surface area contributed by atoms with E-state index in [-0.39, 0.29) is 16.4 Å². The molecule has 0 aliphatic heterocycles. The van der Waals surface area contributed by atoms with E-state index in [1.54, 1.807) is 61.5 Å². The Morgan fingerprint density at radius 3 is 1.67 bits per heavy atom. The first-order valence-corrected chi connectivity index (χ1v) is 10.3. The summed E-state index contributed by atoms with van der Waals surface area (Å²) < 4.78 is 25.9. The van der Waals surface area contributed by atoms with E-state index < -0.39 is 9.84 Å². The second-order valence-corrected chi connectivity index (χ2v) is 8.23. The third-order valence-corrected chi connectivity index (χ3v) is 6.05. The summed E-state index contributed by atoms with van der Waals surface area (Å²) in [5, 5.41) is 0. The van der Waals surface area contributed by atoms with Crippen LogP contribution in [0.3, 0.4) is 0 Å². The van der Waals surface area contributed by atoms with Crippen molar-refractivity contribution >= 4 is 21.2 Å². The van der Waals surface area contributed by atoms with Crippen molar-refractivity contribution in [3.8, 4) is 0 Å². The van der Waals surface area contributed by atoms with E-state index >= 15 is 0 Å². The molecule has 0 radical (unpaired) electrons. The highest BCUT2D eigenvalue weighted by atomic mass is 32.2. The summed E-state index contributed by atoms with van der Waals surface area (Å²) in [5.41, 5.74) is 2.24. The second kappa shape index (κ2) is 8.14. The minimum atomic E-state index is -3.58. The number of carbonyl (C=O) groups excluding carboxylic acids is 1. The zero-order chi connectivity index (χ0) is 19.3. The monoisotopic (exact) mass is 376 g/mol. The molecule has 0 atom stereocenters. The Morgan fingerprint density at radius 2 is 1.15 bits per heavy atom. The van der Waals surface area contributed by atoms with Crippen LogP contribution in [-0.4, -0.2) is 20.0 Å². The molecule has 0 saturated heterocycles. The van der Waals surface area contributed by atoms with Gasteiger partial charge in [-0.1, -0.05) is 78.9 Å². The van der Waals surface area contributed by atoms with Crippen molar-refractivity contribution in [3.63, 3.8) is 0 Å². The Labute approximate surface area is 159 Å². The average Bonchev–Trinajstić information content (AvgIpc) is 2.73. The minimum Gasteiger partial charge on any atom is -0.289 e.